The maximum Gasteiger partial charge on any atom is 0.339 e. The molecule has 0 amide bonds. The summed E-state index contributed by atoms with van der Waals surface area (Å²) in [5.41, 5.74) is -0.946. The molecule has 0 spiro atoms. The van der Waals surface area contributed by atoms with Gasteiger partial charge in [-0.3, -0.25) is 9.59 Å². The van der Waals surface area contributed by atoms with Gasteiger partial charge in [-0.2, -0.15) is 0 Å². The lowest BCUT2D eigenvalue weighted by atomic mass is 9.80. The molecule has 6 nitrogen and oxygen atoms in total. The standard InChI is InChI=1S/C14H14O6/c1-14(12(16)18-2,13(17)19-3)10-8-6-4-5-7-9(8)11(15)20-10/h4-7,10H,1-3H3. The van der Waals surface area contributed by atoms with Gasteiger partial charge in [0.15, 0.2) is 6.10 Å². The van der Waals surface area contributed by atoms with Crippen LogP contribution in [0.2, 0.25) is 0 Å². The highest BCUT2D eigenvalue weighted by atomic mass is 16.6. The quantitative estimate of drug-likeness (QED) is 0.470. The Kier molecular flexibility index (Phi) is 3.48. The molecule has 0 fully saturated rings. The molecule has 1 aliphatic rings. The Labute approximate surface area is 115 Å². The van der Waals surface area contributed by atoms with E-state index in [2.05, 4.69) is 9.47 Å². The van der Waals surface area contributed by atoms with Gasteiger partial charge in [0, 0.05) is 5.56 Å². The molecule has 0 aliphatic carbocycles. The van der Waals surface area contributed by atoms with Crippen molar-refractivity contribution in [2.45, 2.75) is 13.0 Å². The first-order valence-electron chi connectivity index (χ1n) is 5.93. The number of hydrogen-bond donors (Lipinski definition) is 0. The molecular weight excluding hydrogens is 264 g/mol. The lowest BCUT2D eigenvalue weighted by molar-refractivity contribution is -0.176. The third kappa shape index (κ3) is 1.84. The zero-order chi connectivity index (χ0) is 14.9. The Balaban J connectivity index is 2.55. The van der Waals surface area contributed by atoms with Crippen molar-refractivity contribution in [3.63, 3.8) is 0 Å². The number of benzene rings is 1. The number of hydrogen-bond acceptors (Lipinski definition) is 6. The van der Waals surface area contributed by atoms with Crippen LogP contribution in [-0.4, -0.2) is 32.1 Å². The summed E-state index contributed by atoms with van der Waals surface area (Å²) in [5.74, 6) is -2.22. The summed E-state index contributed by atoms with van der Waals surface area (Å²) < 4.78 is 14.5. The van der Waals surface area contributed by atoms with Crippen molar-refractivity contribution < 1.29 is 28.6 Å². The number of ether oxygens (including phenoxy) is 3. The van der Waals surface area contributed by atoms with Crippen LogP contribution in [0.1, 0.15) is 28.9 Å². The SMILES string of the molecule is COC(=O)C(C)(C(=O)OC)C1OC(=O)c2ccccc21. The van der Waals surface area contributed by atoms with Crippen LogP contribution in [0.5, 0.6) is 0 Å². The molecule has 0 saturated carbocycles. The number of methoxy groups -OCH3 is 2. The largest absolute Gasteiger partial charge is 0.468 e. The van der Waals surface area contributed by atoms with Crippen molar-refractivity contribution in [3.8, 4) is 0 Å². The molecule has 1 aromatic carbocycles. The second-order valence-electron chi connectivity index (χ2n) is 4.56. The molecule has 0 bridgehead atoms. The maximum absolute atomic E-state index is 12.0. The fourth-order valence-corrected chi connectivity index (χ4v) is 2.30. The number of cyclic esters (lactones) is 1. The van der Waals surface area contributed by atoms with Crippen LogP contribution < -0.4 is 0 Å². The smallest absolute Gasteiger partial charge is 0.339 e. The summed E-state index contributed by atoms with van der Waals surface area (Å²) >= 11 is 0. The van der Waals surface area contributed by atoms with E-state index >= 15 is 0 Å². The van der Waals surface area contributed by atoms with E-state index in [0.29, 0.717) is 11.1 Å². The lowest BCUT2D eigenvalue weighted by Crippen LogP contribution is -2.43. The summed E-state index contributed by atoms with van der Waals surface area (Å²) in [6.07, 6.45) is -1.06. The van der Waals surface area contributed by atoms with Gasteiger partial charge >= 0.3 is 17.9 Å². The molecule has 6 heteroatoms. The van der Waals surface area contributed by atoms with Gasteiger partial charge in [-0.1, -0.05) is 18.2 Å². The predicted octanol–water partition coefficient (Wildman–Crippen LogP) is 1.25. The van der Waals surface area contributed by atoms with Crippen LogP contribution in [0, 0.1) is 5.41 Å². The number of fused-ring (bicyclic) bond motifs is 1. The van der Waals surface area contributed by atoms with E-state index in [1.807, 2.05) is 0 Å². The van der Waals surface area contributed by atoms with Crippen molar-refractivity contribution in [3.05, 3.63) is 35.4 Å². The van der Waals surface area contributed by atoms with Gasteiger partial charge in [0.05, 0.1) is 19.8 Å². The second-order valence-corrected chi connectivity index (χ2v) is 4.56. The minimum absolute atomic E-state index is 0.330. The van der Waals surface area contributed by atoms with E-state index < -0.39 is 29.4 Å². The molecule has 1 atom stereocenters. The van der Waals surface area contributed by atoms with E-state index in [0.717, 1.165) is 14.2 Å². The molecule has 2 rings (SSSR count). The second kappa shape index (κ2) is 4.96. The Bertz CT molecular complexity index is 561. The van der Waals surface area contributed by atoms with Crippen LogP contribution >= 0.6 is 0 Å². The minimum atomic E-state index is -1.74. The van der Waals surface area contributed by atoms with E-state index in [1.165, 1.54) is 6.92 Å². The van der Waals surface area contributed by atoms with Crippen molar-refractivity contribution in [2.24, 2.45) is 5.41 Å². The van der Waals surface area contributed by atoms with Gasteiger partial charge in [0.2, 0.25) is 5.41 Å². The minimum Gasteiger partial charge on any atom is -0.468 e. The van der Waals surface area contributed by atoms with Crippen LogP contribution in [0.3, 0.4) is 0 Å². The van der Waals surface area contributed by atoms with E-state index in [1.54, 1.807) is 24.3 Å². The van der Waals surface area contributed by atoms with Crippen LogP contribution in [0.25, 0.3) is 0 Å². The summed E-state index contributed by atoms with van der Waals surface area (Å²) in [4.78, 5) is 35.9. The first kappa shape index (κ1) is 14.0. The highest BCUT2D eigenvalue weighted by Crippen LogP contribution is 2.44. The third-order valence-electron chi connectivity index (χ3n) is 3.43. The van der Waals surface area contributed by atoms with E-state index in [4.69, 9.17) is 4.74 Å². The Morgan fingerprint density at radius 2 is 1.70 bits per heavy atom. The van der Waals surface area contributed by atoms with Crippen molar-refractivity contribution in [1.29, 1.82) is 0 Å². The lowest BCUT2D eigenvalue weighted by Gasteiger charge is -2.28. The molecule has 1 aromatic rings. The monoisotopic (exact) mass is 278 g/mol. The van der Waals surface area contributed by atoms with Crippen molar-refractivity contribution >= 4 is 17.9 Å². The third-order valence-corrected chi connectivity index (χ3v) is 3.43. The number of carbonyl (C=O) groups excluding carboxylic acids is 3. The zero-order valence-corrected chi connectivity index (χ0v) is 11.3. The molecule has 0 radical (unpaired) electrons. The molecule has 106 valence electrons. The molecule has 1 heterocycles. The maximum atomic E-state index is 12.0. The first-order chi connectivity index (χ1) is 9.46. The summed E-state index contributed by atoms with van der Waals surface area (Å²) in [7, 11) is 2.32. The van der Waals surface area contributed by atoms with Gasteiger partial charge in [-0.25, -0.2) is 4.79 Å². The zero-order valence-electron chi connectivity index (χ0n) is 11.3. The first-order valence-corrected chi connectivity index (χ1v) is 5.93. The number of carbonyl (C=O) groups is 3. The Morgan fingerprint density at radius 3 is 2.25 bits per heavy atom. The Hall–Kier alpha value is -2.37. The fraction of sp³-hybridized carbons (Fsp3) is 0.357. The van der Waals surface area contributed by atoms with Crippen LogP contribution in [0.15, 0.2) is 24.3 Å². The Morgan fingerprint density at radius 1 is 1.15 bits per heavy atom. The van der Waals surface area contributed by atoms with Gasteiger partial charge in [0.1, 0.15) is 0 Å². The van der Waals surface area contributed by atoms with Crippen LogP contribution in [0.4, 0.5) is 0 Å². The molecule has 0 N–H and O–H groups in total. The van der Waals surface area contributed by atoms with Gasteiger partial charge in [-0.05, 0) is 13.0 Å². The van der Waals surface area contributed by atoms with Crippen molar-refractivity contribution in [1.82, 2.24) is 0 Å². The molecular formula is C14H14O6. The molecule has 1 unspecified atom stereocenters. The predicted molar refractivity (Wildman–Crippen MR) is 66.7 cm³/mol. The highest BCUT2D eigenvalue weighted by molar-refractivity contribution is 6.03. The molecule has 0 aromatic heterocycles. The van der Waals surface area contributed by atoms with Gasteiger partial charge in [-0.15, -0.1) is 0 Å². The highest BCUT2D eigenvalue weighted by Gasteiger charge is 2.56. The summed E-state index contributed by atoms with van der Waals surface area (Å²) in [5, 5.41) is 0. The van der Waals surface area contributed by atoms with Gasteiger partial charge < -0.3 is 14.2 Å². The fourth-order valence-electron chi connectivity index (χ4n) is 2.30. The van der Waals surface area contributed by atoms with Crippen molar-refractivity contribution in [2.75, 3.05) is 14.2 Å². The number of rotatable bonds is 3. The topological polar surface area (TPSA) is 78.9 Å². The molecule has 20 heavy (non-hydrogen) atoms. The normalized spacial score (nSPS) is 17.1. The molecule has 0 saturated heterocycles. The number of esters is 3. The average Bonchev–Trinajstić information content (AvgIpc) is 2.82. The summed E-state index contributed by atoms with van der Waals surface area (Å²) in [6, 6.07) is 6.58. The van der Waals surface area contributed by atoms with Crippen LogP contribution in [-0.2, 0) is 23.8 Å². The van der Waals surface area contributed by atoms with E-state index in [-0.39, 0.29) is 0 Å². The van der Waals surface area contributed by atoms with E-state index in [9.17, 15) is 14.4 Å². The average molecular weight is 278 g/mol. The summed E-state index contributed by atoms with van der Waals surface area (Å²) in [6.45, 7) is 1.34. The van der Waals surface area contributed by atoms with Gasteiger partial charge in [0.25, 0.3) is 0 Å². The molecule has 1 aliphatic heterocycles.